The molecule has 0 bridgehead atoms. The Labute approximate surface area is 160 Å². The van der Waals surface area contributed by atoms with Crippen molar-refractivity contribution in [3.63, 3.8) is 0 Å². The molecule has 7 heteroatoms. The lowest BCUT2D eigenvalue weighted by atomic mass is 10.3. The Morgan fingerprint density at radius 1 is 1.04 bits per heavy atom. The Morgan fingerprint density at radius 3 is 2.56 bits per heavy atom. The summed E-state index contributed by atoms with van der Waals surface area (Å²) >= 11 is 12.6. The summed E-state index contributed by atoms with van der Waals surface area (Å²) in [6.07, 6.45) is 1.57. The molecule has 0 radical (unpaired) electrons. The Bertz CT molecular complexity index is 864. The number of halogens is 1. The van der Waals surface area contributed by atoms with E-state index in [-0.39, 0.29) is 0 Å². The molecule has 3 rings (SSSR count). The standard InChI is InChI=1S/C18H14ClN3OS2/c19-13-6-9-16(10-7-13)25-17-11-8-15(23-17)12-20-22-18(24)21-14-4-2-1-3-5-14/h1-12H,(H2,21,22,24). The predicted molar refractivity (Wildman–Crippen MR) is 108 cm³/mol. The van der Waals surface area contributed by atoms with Crippen LogP contribution in [0.25, 0.3) is 0 Å². The molecule has 126 valence electrons. The van der Waals surface area contributed by atoms with Crippen LogP contribution >= 0.6 is 35.6 Å². The van der Waals surface area contributed by atoms with Crippen LogP contribution in [0.2, 0.25) is 5.02 Å². The zero-order valence-corrected chi connectivity index (χ0v) is 15.4. The van der Waals surface area contributed by atoms with Gasteiger partial charge in [-0.1, -0.05) is 41.6 Å². The number of nitrogens with zero attached hydrogens (tertiary/aromatic N) is 1. The summed E-state index contributed by atoms with van der Waals surface area (Å²) in [4.78, 5) is 1.05. The van der Waals surface area contributed by atoms with Crippen molar-refractivity contribution in [1.82, 2.24) is 5.43 Å². The van der Waals surface area contributed by atoms with Crippen LogP contribution in [0.5, 0.6) is 0 Å². The maximum Gasteiger partial charge on any atom is 0.191 e. The number of nitrogens with one attached hydrogen (secondary N) is 2. The number of hydrogen-bond donors (Lipinski definition) is 2. The first kappa shape index (κ1) is 17.5. The lowest BCUT2D eigenvalue weighted by molar-refractivity contribution is 0.469. The molecule has 0 saturated carbocycles. The third-order valence-electron chi connectivity index (χ3n) is 3.02. The Kier molecular flexibility index (Phi) is 6.11. The summed E-state index contributed by atoms with van der Waals surface area (Å²) in [7, 11) is 0. The largest absolute Gasteiger partial charge is 0.448 e. The zero-order valence-electron chi connectivity index (χ0n) is 13.0. The first-order valence-corrected chi connectivity index (χ1v) is 8.98. The molecule has 0 aliphatic carbocycles. The molecule has 0 saturated heterocycles. The fourth-order valence-electron chi connectivity index (χ4n) is 1.91. The van der Waals surface area contributed by atoms with Gasteiger partial charge < -0.3 is 9.73 Å². The van der Waals surface area contributed by atoms with E-state index in [0.29, 0.717) is 15.9 Å². The highest BCUT2D eigenvalue weighted by Crippen LogP contribution is 2.29. The van der Waals surface area contributed by atoms with E-state index in [1.54, 1.807) is 6.21 Å². The number of rotatable bonds is 5. The fourth-order valence-corrected chi connectivity index (χ4v) is 2.99. The van der Waals surface area contributed by atoms with Crippen LogP contribution in [-0.2, 0) is 0 Å². The number of para-hydroxylation sites is 1. The van der Waals surface area contributed by atoms with E-state index < -0.39 is 0 Å². The number of benzene rings is 2. The van der Waals surface area contributed by atoms with Crippen LogP contribution in [0.15, 0.2) is 86.2 Å². The first-order valence-electron chi connectivity index (χ1n) is 7.37. The highest BCUT2D eigenvalue weighted by atomic mass is 35.5. The van der Waals surface area contributed by atoms with Gasteiger partial charge in [0.2, 0.25) is 0 Å². The minimum absolute atomic E-state index is 0.407. The van der Waals surface area contributed by atoms with Gasteiger partial charge in [0.1, 0.15) is 5.76 Å². The quantitative estimate of drug-likeness (QED) is 0.348. The smallest absolute Gasteiger partial charge is 0.191 e. The van der Waals surface area contributed by atoms with Gasteiger partial charge >= 0.3 is 0 Å². The Balaban J connectivity index is 1.51. The van der Waals surface area contributed by atoms with E-state index in [2.05, 4.69) is 15.8 Å². The SMILES string of the molecule is S=C(NN=Cc1ccc(Sc2ccc(Cl)cc2)o1)Nc1ccccc1. The van der Waals surface area contributed by atoms with Crippen molar-refractivity contribution >= 4 is 52.6 Å². The number of thiocarbonyl (C=S) groups is 1. The molecule has 0 unspecified atom stereocenters. The second-order valence-corrected chi connectivity index (χ2v) is 6.83. The third-order valence-corrected chi connectivity index (χ3v) is 4.40. The van der Waals surface area contributed by atoms with Gasteiger partial charge in [-0.15, -0.1) is 0 Å². The molecule has 4 nitrogen and oxygen atoms in total. The average Bonchev–Trinajstić information content (AvgIpc) is 3.05. The van der Waals surface area contributed by atoms with Crippen LogP contribution < -0.4 is 10.7 Å². The number of furan rings is 1. The summed E-state index contributed by atoms with van der Waals surface area (Å²) in [5, 5.41) is 8.99. The molecule has 2 aromatic carbocycles. The molecule has 2 N–H and O–H groups in total. The van der Waals surface area contributed by atoms with E-state index in [9.17, 15) is 0 Å². The summed E-state index contributed by atoms with van der Waals surface area (Å²) in [6, 6.07) is 21.0. The van der Waals surface area contributed by atoms with E-state index in [0.717, 1.165) is 15.7 Å². The molecule has 25 heavy (non-hydrogen) atoms. The predicted octanol–water partition coefficient (Wildman–Crippen LogP) is 5.40. The summed E-state index contributed by atoms with van der Waals surface area (Å²) in [5.74, 6) is 0.631. The van der Waals surface area contributed by atoms with E-state index in [1.165, 1.54) is 11.8 Å². The topological polar surface area (TPSA) is 49.6 Å². The third kappa shape index (κ3) is 5.63. The van der Waals surface area contributed by atoms with Crippen molar-refractivity contribution in [2.24, 2.45) is 5.10 Å². The van der Waals surface area contributed by atoms with Gasteiger partial charge in [0.15, 0.2) is 10.2 Å². The summed E-state index contributed by atoms with van der Waals surface area (Å²) < 4.78 is 5.69. The van der Waals surface area contributed by atoms with E-state index in [1.807, 2.05) is 66.7 Å². The molecule has 0 amide bonds. The van der Waals surface area contributed by atoms with Gasteiger partial charge in [0.25, 0.3) is 0 Å². The van der Waals surface area contributed by atoms with Crippen molar-refractivity contribution in [3.8, 4) is 0 Å². The van der Waals surface area contributed by atoms with Gasteiger partial charge in [-0.2, -0.15) is 5.10 Å². The molecule has 0 fully saturated rings. The molecular formula is C18H14ClN3OS2. The molecular weight excluding hydrogens is 374 g/mol. The van der Waals surface area contributed by atoms with Gasteiger partial charge in [-0.25, -0.2) is 0 Å². The first-order chi connectivity index (χ1) is 12.2. The molecule has 0 atom stereocenters. The van der Waals surface area contributed by atoms with Gasteiger partial charge in [0, 0.05) is 15.6 Å². The van der Waals surface area contributed by atoms with Gasteiger partial charge in [-0.3, -0.25) is 5.43 Å². The van der Waals surface area contributed by atoms with Gasteiger partial charge in [0.05, 0.1) is 6.21 Å². The van der Waals surface area contributed by atoms with Crippen LogP contribution in [0.4, 0.5) is 5.69 Å². The lowest BCUT2D eigenvalue weighted by Crippen LogP contribution is -2.23. The summed E-state index contributed by atoms with van der Waals surface area (Å²) in [6.45, 7) is 0. The Hall–Kier alpha value is -2.28. The number of anilines is 1. The lowest BCUT2D eigenvalue weighted by Gasteiger charge is -2.05. The van der Waals surface area contributed by atoms with Crippen LogP contribution in [0.3, 0.4) is 0 Å². The second kappa shape index (κ2) is 8.71. The van der Waals surface area contributed by atoms with Crippen LogP contribution in [-0.4, -0.2) is 11.3 Å². The fraction of sp³-hybridized carbons (Fsp3) is 0. The van der Waals surface area contributed by atoms with E-state index in [4.69, 9.17) is 28.2 Å². The van der Waals surface area contributed by atoms with Crippen molar-refractivity contribution < 1.29 is 4.42 Å². The number of hydrazone groups is 1. The molecule has 1 aromatic heterocycles. The second-order valence-electron chi connectivity index (χ2n) is 4.90. The zero-order chi connectivity index (χ0) is 17.5. The molecule has 0 aliphatic rings. The van der Waals surface area contributed by atoms with Gasteiger partial charge in [-0.05, 0) is 60.7 Å². The number of hydrogen-bond acceptors (Lipinski definition) is 4. The molecule has 0 aliphatic heterocycles. The molecule has 1 heterocycles. The van der Waals surface area contributed by atoms with Crippen molar-refractivity contribution in [2.75, 3.05) is 5.32 Å². The Morgan fingerprint density at radius 2 is 1.80 bits per heavy atom. The van der Waals surface area contributed by atoms with E-state index >= 15 is 0 Å². The average molecular weight is 388 g/mol. The monoisotopic (exact) mass is 387 g/mol. The minimum Gasteiger partial charge on any atom is -0.448 e. The van der Waals surface area contributed by atoms with Crippen LogP contribution in [0, 0.1) is 0 Å². The molecule has 0 spiro atoms. The highest BCUT2D eigenvalue weighted by Gasteiger charge is 2.03. The van der Waals surface area contributed by atoms with Crippen molar-refractivity contribution in [3.05, 3.63) is 77.5 Å². The molecule has 3 aromatic rings. The maximum atomic E-state index is 5.88. The van der Waals surface area contributed by atoms with Crippen LogP contribution in [0.1, 0.15) is 5.76 Å². The normalized spacial score (nSPS) is 10.8. The van der Waals surface area contributed by atoms with Crippen molar-refractivity contribution in [2.45, 2.75) is 9.99 Å². The highest BCUT2D eigenvalue weighted by molar-refractivity contribution is 7.99. The maximum absolute atomic E-state index is 5.88. The van der Waals surface area contributed by atoms with Crippen molar-refractivity contribution in [1.29, 1.82) is 0 Å². The summed E-state index contributed by atoms with van der Waals surface area (Å²) in [5.41, 5.74) is 3.65. The minimum atomic E-state index is 0.407.